The minimum atomic E-state index is 0.215. The third-order valence-electron chi connectivity index (χ3n) is 3.49. The van der Waals surface area contributed by atoms with Crippen molar-refractivity contribution in [3.8, 4) is 0 Å². The number of rotatable bonds is 5. The van der Waals surface area contributed by atoms with Crippen LogP contribution in [0.1, 0.15) is 58.3 Å². The van der Waals surface area contributed by atoms with Crippen LogP contribution in [0.25, 0.3) is 0 Å². The summed E-state index contributed by atoms with van der Waals surface area (Å²) in [7, 11) is 0. The first-order valence-electron chi connectivity index (χ1n) is 6.71. The maximum atomic E-state index is 11.7. The predicted molar refractivity (Wildman–Crippen MR) is 67.1 cm³/mol. The Morgan fingerprint density at radius 3 is 2.50 bits per heavy atom. The van der Waals surface area contributed by atoms with Gasteiger partial charge in [0.2, 0.25) is 5.91 Å². The van der Waals surface area contributed by atoms with Gasteiger partial charge in [0.05, 0.1) is 0 Å². The van der Waals surface area contributed by atoms with Crippen molar-refractivity contribution in [1.82, 2.24) is 5.32 Å². The lowest BCUT2D eigenvalue weighted by Crippen LogP contribution is -2.34. The number of carbonyl (C=O) groups excluding carboxylic acids is 1. The second-order valence-corrected chi connectivity index (χ2v) is 5.14. The summed E-state index contributed by atoms with van der Waals surface area (Å²) in [6.07, 6.45) is 9.07. The van der Waals surface area contributed by atoms with Gasteiger partial charge in [0.15, 0.2) is 0 Å². The van der Waals surface area contributed by atoms with E-state index in [0.29, 0.717) is 24.9 Å². The second-order valence-electron chi connectivity index (χ2n) is 5.14. The molecule has 1 aliphatic rings. The molecule has 0 spiro atoms. The Morgan fingerprint density at radius 2 is 1.94 bits per heavy atom. The lowest BCUT2D eigenvalue weighted by Gasteiger charge is -2.16. The first-order chi connectivity index (χ1) is 7.72. The quantitative estimate of drug-likeness (QED) is 0.706. The van der Waals surface area contributed by atoms with Crippen LogP contribution in [0, 0.1) is 5.92 Å². The molecule has 1 aliphatic carbocycles. The van der Waals surface area contributed by atoms with Crippen LogP contribution in [0.4, 0.5) is 0 Å². The van der Waals surface area contributed by atoms with Crippen LogP contribution >= 0.6 is 0 Å². The van der Waals surface area contributed by atoms with Gasteiger partial charge in [0.1, 0.15) is 0 Å². The molecule has 1 saturated carbocycles. The number of hydrogen-bond acceptors (Lipinski definition) is 2. The van der Waals surface area contributed by atoms with Gasteiger partial charge in [-0.1, -0.05) is 32.6 Å². The van der Waals surface area contributed by atoms with Gasteiger partial charge in [0.25, 0.3) is 0 Å². The Morgan fingerprint density at radius 1 is 1.31 bits per heavy atom. The van der Waals surface area contributed by atoms with E-state index in [-0.39, 0.29) is 5.91 Å². The molecule has 0 aliphatic heterocycles. The molecule has 1 unspecified atom stereocenters. The molecule has 1 atom stereocenters. The Labute approximate surface area is 99.2 Å². The summed E-state index contributed by atoms with van der Waals surface area (Å²) in [4.78, 5) is 11.7. The SMILES string of the molecule is CC(CN)CCC(=O)NC1CCCCCC1. The molecule has 0 bridgehead atoms. The molecule has 16 heavy (non-hydrogen) atoms. The normalized spacial score (nSPS) is 20.1. The van der Waals surface area contributed by atoms with Gasteiger partial charge in [-0.25, -0.2) is 0 Å². The fraction of sp³-hybridized carbons (Fsp3) is 0.923. The first-order valence-corrected chi connectivity index (χ1v) is 6.71. The van der Waals surface area contributed by atoms with Crippen molar-refractivity contribution < 1.29 is 4.79 Å². The molecule has 0 heterocycles. The Kier molecular flexibility index (Phi) is 6.46. The van der Waals surface area contributed by atoms with Crippen molar-refractivity contribution in [2.45, 2.75) is 64.3 Å². The molecule has 3 heteroatoms. The van der Waals surface area contributed by atoms with Crippen LogP contribution in [0.15, 0.2) is 0 Å². The van der Waals surface area contributed by atoms with Crippen molar-refractivity contribution in [3.05, 3.63) is 0 Å². The minimum Gasteiger partial charge on any atom is -0.353 e. The highest BCUT2D eigenvalue weighted by Gasteiger charge is 2.14. The Bertz CT molecular complexity index is 198. The van der Waals surface area contributed by atoms with E-state index in [4.69, 9.17) is 5.73 Å². The number of nitrogens with two attached hydrogens (primary N) is 1. The molecule has 1 rings (SSSR count). The van der Waals surface area contributed by atoms with Gasteiger partial charge >= 0.3 is 0 Å². The van der Waals surface area contributed by atoms with E-state index < -0.39 is 0 Å². The maximum absolute atomic E-state index is 11.7. The second kappa shape index (κ2) is 7.66. The molecule has 3 N–H and O–H groups in total. The van der Waals surface area contributed by atoms with Gasteiger partial charge in [-0.15, -0.1) is 0 Å². The number of carbonyl (C=O) groups is 1. The van der Waals surface area contributed by atoms with E-state index in [9.17, 15) is 4.79 Å². The van der Waals surface area contributed by atoms with Crippen molar-refractivity contribution >= 4 is 5.91 Å². The van der Waals surface area contributed by atoms with Crippen LogP contribution in [-0.2, 0) is 4.79 Å². The van der Waals surface area contributed by atoms with Crippen LogP contribution in [-0.4, -0.2) is 18.5 Å². The molecule has 3 nitrogen and oxygen atoms in total. The summed E-state index contributed by atoms with van der Waals surface area (Å²) >= 11 is 0. The molecule has 1 amide bonds. The third kappa shape index (κ3) is 5.50. The molecule has 0 aromatic heterocycles. The van der Waals surface area contributed by atoms with Crippen molar-refractivity contribution in [3.63, 3.8) is 0 Å². The largest absolute Gasteiger partial charge is 0.353 e. The molecular formula is C13H26N2O. The molecule has 0 radical (unpaired) electrons. The molecule has 0 aromatic carbocycles. The van der Waals surface area contributed by atoms with E-state index >= 15 is 0 Å². The topological polar surface area (TPSA) is 55.1 Å². The summed E-state index contributed by atoms with van der Waals surface area (Å²) in [5.41, 5.74) is 5.53. The molecular weight excluding hydrogens is 200 g/mol. The molecule has 0 saturated heterocycles. The molecule has 0 aromatic rings. The lowest BCUT2D eigenvalue weighted by molar-refractivity contribution is -0.122. The summed E-state index contributed by atoms with van der Waals surface area (Å²) in [6.45, 7) is 2.77. The zero-order valence-corrected chi connectivity index (χ0v) is 10.5. The highest BCUT2D eigenvalue weighted by atomic mass is 16.1. The summed E-state index contributed by atoms with van der Waals surface area (Å²) in [5.74, 6) is 0.673. The summed E-state index contributed by atoms with van der Waals surface area (Å²) in [5, 5.41) is 3.16. The van der Waals surface area contributed by atoms with E-state index in [1.165, 1.54) is 25.7 Å². The standard InChI is InChI=1S/C13H26N2O/c1-11(10-14)8-9-13(16)15-12-6-4-2-3-5-7-12/h11-12H,2-10,14H2,1H3,(H,15,16). The monoisotopic (exact) mass is 226 g/mol. The van der Waals surface area contributed by atoms with E-state index in [0.717, 1.165) is 19.3 Å². The van der Waals surface area contributed by atoms with Crippen LogP contribution in [0.2, 0.25) is 0 Å². The van der Waals surface area contributed by atoms with Gasteiger partial charge < -0.3 is 11.1 Å². The fourth-order valence-corrected chi connectivity index (χ4v) is 2.22. The van der Waals surface area contributed by atoms with Crippen molar-refractivity contribution in [2.75, 3.05) is 6.54 Å². The molecule has 1 fully saturated rings. The Balaban J connectivity index is 2.16. The van der Waals surface area contributed by atoms with E-state index in [2.05, 4.69) is 12.2 Å². The van der Waals surface area contributed by atoms with E-state index in [1.807, 2.05) is 0 Å². The summed E-state index contributed by atoms with van der Waals surface area (Å²) in [6, 6.07) is 0.434. The van der Waals surface area contributed by atoms with Crippen molar-refractivity contribution in [1.29, 1.82) is 0 Å². The number of amides is 1. The van der Waals surface area contributed by atoms with Gasteiger partial charge in [-0.2, -0.15) is 0 Å². The zero-order valence-electron chi connectivity index (χ0n) is 10.5. The number of hydrogen-bond donors (Lipinski definition) is 2. The van der Waals surface area contributed by atoms with Gasteiger partial charge in [-0.3, -0.25) is 4.79 Å². The average molecular weight is 226 g/mol. The maximum Gasteiger partial charge on any atom is 0.220 e. The lowest BCUT2D eigenvalue weighted by atomic mass is 10.0. The smallest absolute Gasteiger partial charge is 0.220 e. The van der Waals surface area contributed by atoms with Gasteiger partial charge in [0, 0.05) is 12.5 Å². The van der Waals surface area contributed by atoms with Crippen molar-refractivity contribution in [2.24, 2.45) is 11.7 Å². The minimum absolute atomic E-state index is 0.215. The fourth-order valence-electron chi connectivity index (χ4n) is 2.22. The first kappa shape index (κ1) is 13.5. The predicted octanol–water partition coefficient (Wildman–Crippen LogP) is 2.20. The van der Waals surface area contributed by atoms with Crippen LogP contribution < -0.4 is 11.1 Å². The van der Waals surface area contributed by atoms with Gasteiger partial charge in [-0.05, 0) is 31.7 Å². The van der Waals surface area contributed by atoms with Crippen LogP contribution in [0.5, 0.6) is 0 Å². The average Bonchev–Trinajstić information content (AvgIpc) is 2.54. The summed E-state index contributed by atoms with van der Waals surface area (Å²) < 4.78 is 0. The third-order valence-corrected chi connectivity index (χ3v) is 3.49. The van der Waals surface area contributed by atoms with E-state index in [1.54, 1.807) is 0 Å². The van der Waals surface area contributed by atoms with Crippen LogP contribution in [0.3, 0.4) is 0 Å². The number of nitrogens with one attached hydrogen (secondary N) is 1. The highest BCUT2D eigenvalue weighted by molar-refractivity contribution is 5.76. The Hall–Kier alpha value is -0.570. The highest BCUT2D eigenvalue weighted by Crippen LogP contribution is 2.17. The molecule has 94 valence electrons. The zero-order chi connectivity index (χ0) is 11.8.